The number of aromatic amines is 1. The zero-order valence-electron chi connectivity index (χ0n) is 15.9. The topological polar surface area (TPSA) is 94.0 Å². The Morgan fingerprint density at radius 1 is 1.11 bits per heavy atom. The van der Waals surface area contributed by atoms with Crippen LogP contribution in [0.5, 0.6) is 11.5 Å². The summed E-state index contributed by atoms with van der Waals surface area (Å²) in [5.74, 6) is 1.05. The number of carbonyl (C=O) groups is 1. The van der Waals surface area contributed by atoms with Crippen LogP contribution in [0.4, 0.5) is 0 Å². The van der Waals surface area contributed by atoms with Crippen LogP contribution >= 0.6 is 0 Å². The number of hydrogen-bond acceptors (Lipinski definition) is 3. The number of hydrogen-bond donors (Lipinski definition) is 3. The van der Waals surface area contributed by atoms with Crippen LogP contribution in [0.3, 0.4) is 0 Å². The first kappa shape index (κ1) is 18.8. The number of nitrogens with one attached hydrogen (secondary N) is 1. The molecule has 5 N–H and O–H groups in total. The number of quaternary nitrogens is 1. The number of para-hydroxylation sites is 2. The third-order valence-corrected chi connectivity index (χ3v) is 4.98. The van der Waals surface area contributed by atoms with Gasteiger partial charge < -0.3 is 25.5 Å². The molecule has 0 saturated heterocycles. The number of methoxy groups -OCH3 is 2. The third kappa shape index (κ3) is 3.75. The van der Waals surface area contributed by atoms with Gasteiger partial charge in [0.05, 0.1) is 26.7 Å². The second-order valence-corrected chi connectivity index (χ2v) is 6.59. The smallest absolute Gasteiger partial charge is 0.275 e. The number of carbonyl (C=O) groups excluding carboxylic acids is 1. The summed E-state index contributed by atoms with van der Waals surface area (Å²) in [6.45, 7) is 2.47. The summed E-state index contributed by atoms with van der Waals surface area (Å²) < 4.78 is 11.2. The highest BCUT2D eigenvalue weighted by molar-refractivity contribution is 5.84. The number of benzene rings is 2. The van der Waals surface area contributed by atoms with Crippen LogP contribution in [0, 0.1) is 0 Å². The van der Waals surface area contributed by atoms with E-state index in [1.165, 1.54) is 0 Å². The quantitative estimate of drug-likeness (QED) is 0.565. The summed E-state index contributed by atoms with van der Waals surface area (Å²) >= 11 is 0. The molecule has 1 aromatic heterocycles. The normalized spacial score (nSPS) is 13.3. The Bertz CT molecular complexity index is 935. The van der Waals surface area contributed by atoms with E-state index in [0.717, 1.165) is 22.0 Å². The molecule has 0 aliphatic heterocycles. The SMILES string of the molecule is COc1cccc([C@H](C[NH2+][C@H](C)C(N)=O)c2c[nH]c3ccccc23)c1OC. The molecule has 6 nitrogen and oxygen atoms in total. The average Bonchev–Trinajstić information content (AvgIpc) is 3.11. The lowest BCUT2D eigenvalue weighted by Gasteiger charge is -2.21. The fourth-order valence-electron chi connectivity index (χ4n) is 3.45. The molecule has 1 heterocycles. The molecular formula is C21H26N3O3+. The highest BCUT2D eigenvalue weighted by Crippen LogP contribution is 2.39. The van der Waals surface area contributed by atoms with Crippen LogP contribution in [-0.2, 0) is 4.79 Å². The van der Waals surface area contributed by atoms with Gasteiger partial charge in [-0.15, -0.1) is 0 Å². The van der Waals surface area contributed by atoms with Crippen LogP contribution in [0.1, 0.15) is 24.0 Å². The lowest BCUT2D eigenvalue weighted by molar-refractivity contribution is -0.674. The van der Waals surface area contributed by atoms with Gasteiger partial charge in [-0.05, 0) is 24.6 Å². The molecule has 0 saturated carbocycles. The molecule has 0 bridgehead atoms. The number of ether oxygens (including phenoxy) is 2. The monoisotopic (exact) mass is 368 g/mol. The molecule has 0 radical (unpaired) electrons. The molecule has 27 heavy (non-hydrogen) atoms. The van der Waals surface area contributed by atoms with Gasteiger partial charge in [0.25, 0.3) is 5.91 Å². The van der Waals surface area contributed by atoms with Crippen LogP contribution < -0.4 is 20.5 Å². The Balaban J connectivity index is 2.09. The van der Waals surface area contributed by atoms with E-state index in [2.05, 4.69) is 17.1 Å². The minimum Gasteiger partial charge on any atom is -0.493 e. The van der Waals surface area contributed by atoms with Gasteiger partial charge in [-0.1, -0.05) is 30.3 Å². The maximum absolute atomic E-state index is 11.5. The van der Waals surface area contributed by atoms with Gasteiger partial charge in [0.1, 0.15) is 0 Å². The second kappa shape index (κ2) is 8.14. The lowest BCUT2D eigenvalue weighted by Crippen LogP contribution is -2.92. The fourth-order valence-corrected chi connectivity index (χ4v) is 3.45. The number of fused-ring (bicyclic) bond motifs is 1. The van der Waals surface area contributed by atoms with E-state index in [9.17, 15) is 4.79 Å². The van der Waals surface area contributed by atoms with Crippen molar-refractivity contribution in [3.05, 3.63) is 59.8 Å². The lowest BCUT2D eigenvalue weighted by atomic mass is 9.89. The molecule has 2 aromatic carbocycles. The van der Waals surface area contributed by atoms with E-state index >= 15 is 0 Å². The Labute approximate surface area is 158 Å². The van der Waals surface area contributed by atoms with E-state index in [1.54, 1.807) is 14.2 Å². The van der Waals surface area contributed by atoms with Crippen LogP contribution in [0.25, 0.3) is 10.9 Å². The van der Waals surface area contributed by atoms with Crippen molar-refractivity contribution in [2.75, 3.05) is 20.8 Å². The number of primary amides is 1. The first-order chi connectivity index (χ1) is 13.1. The van der Waals surface area contributed by atoms with Gasteiger partial charge in [-0.2, -0.15) is 0 Å². The molecule has 0 aliphatic carbocycles. The molecule has 3 aromatic rings. The molecular weight excluding hydrogens is 342 g/mol. The van der Waals surface area contributed by atoms with E-state index in [-0.39, 0.29) is 17.9 Å². The Kier molecular flexibility index (Phi) is 5.66. The Morgan fingerprint density at radius 2 is 1.89 bits per heavy atom. The van der Waals surface area contributed by atoms with Gasteiger partial charge >= 0.3 is 0 Å². The number of rotatable bonds is 8. The third-order valence-electron chi connectivity index (χ3n) is 4.98. The number of H-pyrrole nitrogens is 1. The van der Waals surface area contributed by atoms with Crippen molar-refractivity contribution in [1.29, 1.82) is 0 Å². The predicted molar refractivity (Wildman–Crippen MR) is 105 cm³/mol. The summed E-state index contributed by atoms with van der Waals surface area (Å²) in [5.41, 5.74) is 8.67. The van der Waals surface area contributed by atoms with Gasteiger partial charge in [0.15, 0.2) is 17.5 Å². The average molecular weight is 368 g/mol. The van der Waals surface area contributed by atoms with Crippen molar-refractivity contribution in [2.24, 2.45) is 5.73 Å². The van der Waals surface area contributed by atoms with Crippen molar-refractivity contribution in [3.8, 4) is 11.5 Å². The summed E-state index contributed by atoms with van der Waals surface area (Å²) in [7, 11) is 3.27. The summed E-state index contributed by atoms with van der Waals surface area (Å²) in [4.78, 5) is 14.8. The summed E-state index contributed by atoms with van der Waals surface area (Å²) in [5, 5.41) is 3.11. The van der Waals surface area contributed by atoms with Gasteiger partial charge in [0.2, 0.25) is 0 Å². The van der Waals surface area contributed by atoms with Crippen LogP contribution in [0.15, 0.2) is 48.7 Å². The van der Waals surface area contributed by atoms with Crippen molar-refractivity contribution in [2.45, 2.75) is 18.9 Å². The predicted octanol–water partition coefficient (Wildman–Crippen LogP) is 1.75. The highest BCUT2D eigenvalue weighted by Gasteiger charge is 2.26. The molecule has 2 atom stereocenters. The molecule has 6 heteroatoms. The molecule has 0 aliphatic rings. The molecule has 1 amide bonds. The summed E-state index contributed by atoms with van der Waals surface area (Å²) in [6.07, 6.45) is 2.02. The molecule has 0 unspecified atom stereocenters. The van der Waals surface area contributed by atoms with E-state index in [1.807, 2.05) is 48.8 Å². The van der Waals surface area contributed by atoms with Crippen molar-refractivity contribution in [3.63, 3.8) is 0 Å². The summed E-state index contributed by atoms with van der Waals surface area (Å²) in [6, 6.07) is 13.7. The maximum Gasteiger partial charge on any atom is 0.275 e. The number of amides is 1. The first-order valence-corrected chi connectivity index (χ1v) is 8.96. The fraction of sp³-hybridized carbons (Fsp3) is 0.286. The number of nitrogens with two attached hydrogens (primary N) is 2. The van der Waals surface area contributed by atoms with Crippen molar-refractivity contribution in [1.82, 2.24) is 4.98 Å². The first-order valence-electron chi connectivity index (χ1n) is 8.96. The maximum atomic E-state index is 11.5. The van der Waals surface area contributed by atoms with E-state index in [4.69, 9.17) is 15.2 Å². The molecule has 3 rings (SSSR count). The number of aromatic nitrogens is 1. The van der Waals surface area contributed by atoms with Crippen LogP contribution in [0.2, 0.25) is 0 Å². The molecule has 142 valence electrons. The zero-order valence-corrected chi connectivity index (χ0v) is 15.9. The van der Waals surface area contributed by atoms with Crippen molar-refractivity contribution >= 4 is 16.8 Å². The molecule has 0 spiro atoms. The van der Waals surface area contributed by atoms with Gasteiger partial charge in [-0.3, -0.25) is 4.79 Å². The van der Waals surface area contributed by atoms with E-state index < -0.39 is 0 Å². The zero-order chi connectivity index (χ0) is 19.4. The van der Waals surface area contributed by atoms with Crippen LogP contribution in [-0.4, -0.2) is 37.7 Å². The Hall–Kier alpha value is -2.99. The van der Waals surface area contributed by atoms with Crippen molar-refractivity contribution < 1.29 is 19.6 Å². The molecule has 0 fully saturated rings. The second-order valence-electron chi connectivity index (χ2n) is 6.59. The van der Waals surface area contributed by atoms with E-state index in [0.29, 0.717) is 18.0 Å². The minimum absolute atomic E-state index is 0.00648. The Morgan fingerprint density at radius 3 is 2.59 bits per heavy atom. The minimum atomic E-state index is -0.328. The largest absolute Gasteiger partial charge is 0.493 e. The highest BCUT2D eigenvalue weighted by atomic mass is 16.5. The standard InChI is InChI=1S/C21H25N3O3/c1-13(21(22)25)23-11-17(15-8-6-10-19(26-2)20(15)27-3)16-12-24-18-9-5-4-7-14(16)18/h4-10,12-13,17,23-24H,11H2,1-3H3,(H2,22,25)/p+1/t13-,17+/m1/s1. The van der Waals surface area contributed by atoms with Gasteiger partial charge in [0, 0.05) is 22.7 Å². The van der Waals surface area contributed by atoms with Gasteiger partial charge in [-0.25, -0.2) is 0 Å².